The molecule has 110 valence electrons. The molecule has 1 heterocycles. The van der Waals surface area contributed by atoms with Crippen molar-refractivity contribution in [3.63, 3.8) is 0 Å². The number of hydrogen-bond acceptors (Lipinski definition) is 2. The largest absolute Gasteiger partial charge is 0.348 e. The Morgan fingerprint density at radius 1 is 1.38 bits per heavy atom. The predicted octanol–water partition coefficient (Wildman–Crippen LogP) is 4.77. The zero-order valence-corrected chi connectivity index (χ0v) is 13.5. The van der Waals surface area contributed by atoms with Crippen LogP contribution in [0.3, 0.4) is 0 Å². The molecule has 0 spiro atoms. The molecule has 3 atom stereocenters. The average Bonchev–Trinajstić information content (AvgIpc) is 3.10. The molecule has 0 saturated heterocycles. The summed E-state index contributed by atoms with van der Waals surface area (Å²) < 4.78 is 0. The van der Waals surface area contributed by atoms with Crippen molar-refractivity contribution in [2.75, 3.05) is 0 Å². The highest BCUT2D eigenvalue weighted by Gasteiger charge is 2.45. The lowest BCUT2D eigenvalue weighted by Crippen LogP contribution is -2.29. The van der Waals surface area contributed by atoms with E-state index >= 15 is 0 Å². The second-order valence-electron chi connectivity index (χ2n) is 5.46. The van der Waals surface area contributed by atoms with Gasteiger partial charge in [0.15, 0.2) is 0 Å². The van der Waals surface area contributed by atoms with Crippen LogP contribution in [0.25, 0.3) is 0 Å². The Hall–Kier alpha value is -1.32. The number of rotatable bonds is 5. The first-order chi connectivity index (χ1) is 10.2. The second-order valence-corrected chi connectivity index (χ2v) is 6.84. The number of carbonyl (C=O) groups is 1. The third-order valence-corrected chi connectivity index (χ3v) is 5.37. The van der Waals surface area contributed by atoms with Crippen LogP contribution in [0.5, 0.6) is 0 Å². The summed E-state index contributed by atoms with van der Waals surface area (Å²) in [5.74, 6) is 0.499. The topological polar surface area (TPSA) is 29.1 Å². The number of carbonyl (C=O) groups excluding carboxylic acids is 1. The smallest absolute Gasteiger partial charge is 0.224 e. The molecule has 3 unspecified atom stereocenters. The van der Waals surface area contributed by atoms with E-state index < -0.39 is 0 Å². The average molecular weight is 320 g/mol. The molecule has 2 nitrogen and oxygen atoms in total. The highest BCUT2D eigenvalue weighted by Crippen LogP contribution is 2.49. The summed E-state index contributed by atoms with van der Waals surface area (Å²) in [7, 11) is 0. The van der Waals surface area contributed by atoms with Gasteiger partial charge in [-0.25, -0.2) is 0 Å². The predicted molar refractivity (Wildman–Crippen MR) is 87.8 cm³/mol. The van der Waals surface area contributed by atoms with Crippen molar-refractivity contribution in [3.05, 3.63) is 57.2 Å². The van der Waals surface area contributed by atoms with E-state index in [4.69, 9.17) is 11.6 Å². The Morgan fingerprint density at radius 2 is 2.19 bits per heavy atom. The minimum atomic E-state index is 0.0684. The van der Waals surface area contributed by atoms with Crippen LogP contribution in [0.4, 0.5) is 0 Å². The normalized spacial score (nSPS) is 21.8. The highest BCUT2D eigenvalue weighted by molar-refractivity contribution is 7.10. The van der Waals surface area contributed by atoms with Gasteiger partial charge in [0.25, 0.3) is 0 Å². The fraction of sp³-hybridized carbons (Fsp3) is 0.353. The molecule has 1 saturated carbocycles. The van der Waals surface area contributed by atoms with Gasteiger partial charge in [-0.1, -0.05) is 42.8 Å². The molecule has 1 aliphatic carbocycles. The maximum Gasteiger partial charge on any atom is 0.224 e. The molecule has 0 radical (unpaired) electrons. The summed E-state index contributed by atoms with van der Waals surface area (Å²) in [6, 6.07) is 12.1. The van der Waals surface area contributed by atoms with Gasteiger partial charge in [-0.05, 0) is 41.8 Å². The molecule has 21 heavy (non-hydrogen) atoms. The Kier molecular flexibility index (Phi) is 4.32. The molecule has 4 heteroatoms. The second kappa shape index (κ2) is 6.20. The quantitative estimate of drug-likeness (QED) is 0.844. The number of nitrogens with one attached hydrogen (secondary N) is 1. The van der Waals surface area contributed by atoms with Gasteiger partial charge in [0.2, 0.25) is 5.91 Å². The Labute approximate surface area is 134 Å². The first-order valence-corrected chi connectivity index (χ1v) is 8.54. The van der Waals surface area contributed by atoms with E-state index in [1.807, 2.05) is 35.7 Å². The van der Waals surface area contributed by atoms with Crippen LogP contribution >= 0.6 is 22.9 Å². The highest BCUT2D eigenvalue weighted by atomic mass is 35.5. The summed E-state index contributed by atoms with van der Waals surface area (Å²) >= 11 is 7.91. The summed E-state index contributed by atoms with van der Waals surface area (Å²) in [6.07, 6.45) is 1.81. The number of amides is 1. The van der Waals surface area contributed by atoms with Gasteiger partial charge in [-0.3, -0.25) is 4.79 Å². The number of benzene rings is 1. The monoisotopic (exact) mass is 319 g/mol. The van der Waals surface area contributed by atoms with Gasteiger partial charge in [0.1, 0.15) is 0 Å². The van der Waals surface area contributed by atoms with E-state index in [0.29, 0.717) is 0 Å². The summed E-state index contributed by atoms with van der Waals surface area (Å²) in [5, 5.41) is 5.99. The van der Waals surface area contributed by atoms with Crippen LogP contribution in [0.1, 0.15) is 42.2 Å². The number of halogens is 1. The van der Waals surface area contributed by atoms with Crippen molar-refractivity contribution in [1.29, 1.82) is 0 Å². The number of thiophene rings is 1. The molecule has 3 rings (SSSR count). The van der Waals surface area contributed by atoms with E-state index in [0.717, 1.165) is 23.4 Å². The molecule has 2 aromatic rings. The lowest BCUT2D eigenvalue weighted by atomic mass is 10.1. The van der Waals surface area contributed by atoms with Crippen LogP contribution in [0.15, 0.2) is 41.8 Å². The molecular weight excluding hydrogens is 302 g/mol. The van der Waals surface area contributed by atoms with E-state index in [-0.39, 0.29) is 23.8 Å². The molecular formula is C17H18ClNOS. The maximum atomic E-state index is 12.4. The minimum Gasteiger partial charge on any atom is -0.348 e. The van der Waals surface area contributed by atoms with Gasteiger partial charge < -0.3 is 5.32 Å². The standard InChI is InChI=1S/C17H18ClNOS/c1-2-15(16-8-5-9-21-16)19-17(20)13-10-12(13)11-6-3-4-7-14(11)18/h3-9,12-13,15H,2,10H2,1H3,(H,19,20). The first-order valence-electron chi connectivity index (χ1n) is 7.29. The van der Waals surface area contributed by atoms with Crippen molar-refractivity contribution in [2.24, 2.45) is 5.92 Å². The van der Waals surface area contributed by atoms with Gasteiger partial charge in [0.05, 0.1) is 6.04 Å². The SMILES string of the molecule is CCC(NC(=O)C1CC1c1ccccc1Cl)c1cccs1. The summed E-state index contributed by atoms with van der Waals surface area (Å²) in [4.78, 5) is 13.6. The maximum absolute atomic E-state index is 12.4. The Balaban J connectivity index is 1.64. The van der Waals surface area contributed by atoms with Gasteiger partial charge in [-0.15, -0.1) is 11.3 Å². The molecule has 0 bridgehead atoms. The molecule has 1 amide bonds. The molecule has 0 aliphatic heterocycles. The van der Waals surface area contributed by atoms with E-state index in [1.165, 1.54) is 4.88 Å². The van der Waals surface area contributed by atoms with Crippen molar-refractivity contribution in [1.82, 2.24) is 5.32 Å². The molecule has 1 aliphatic rings. The van der Waals surface area contributed by atoms with E-state index in [9.17, 15) is 4.79 Å². The fourth-order valence-corrected chi connectivity index (χ4v) is 3.88. The van der Waals surface area contributed by atoms with Crippen LogP contribution in [-0.4, -0.2) is 5.91 Å². The van der Waals surface area contributed by atoms with E-state index in [2.05, 4.69) is 18.3 Å². The van der Waals surface area contributed by atoms with Crippen LogP contribution in [0, 0.1) is 5.92 Å². The van der Waals surface area contributed by atoms with Crippen molar-refractivity contribution in [2.45, 2.75) is 31.7 Å². The molecule has 1 aromatic carbocycles. The van der Waals surface area contributed by atoms with E-state index in [1.54, 1.807) is 11.3 Å². The third kappa shape index (κ3) is 3.14. The summed E-state index contributed by atoms with van der Waals surface area (Å²) in [6.45, 7) is 2.10. The van der Waals surface area contributed by atoms with Crippen LogP contribution < -0.4 is 5.32 Å². The lowest BCUT2D eigenvalue weighted by molar-refractivity contribution is -0.123. The van der Waals surface area contributed by atoms with Crippen molar-refractivity contribution >= 4 is 28.8 Å². The zero-order chi connectivity index (χ0) is 14.8. The fourth-order valence-electron chi connectivity index (χ4n) is 2.75. The first kappa shape index (κ1) is 14.6. The van der Waals surface area contributed by atoms with Gasteiger partial charge in [-0.2, -0.15) is 0 Å². The van der Waals surface area contributed by atoms with Crippen LogP contribution in [0.2, 0.25) is 5.02 Å². The van der Waals surface area contributed by atoms with Crippen LogP contribution in [-0.2, 0) is 4.79 Å². The third-order valence-electron chi connectivity index (χ3n) is 4.04. The summed E-state index contributed by atoms with van der Waals surface area (Å²) in [5.41, 5.74) is 1.10. The lowest BCUT2D eigenvalue weighted by Gasteiger charge is -2.15. The zero-order valence-electron chi connectivity index (χ0n) is 11.9. The van der Waals surface area contributed by atoms with Crippen molar-refractivity contribution in [3.8, 4) is 0 Å². The molecule has 1 fully saturated rings. The molecule has 1 N–H and O–H groups in total. The van der Waals surface area contributed by atoms with Gasteiger partial charge >= 0.3 is 0 Å². The number of hydrogen-bond donors (Lipinski definition) is 1. The molecule has 1 aromatic heterocycles. The minimum absolute atomic E-state index is 0.0684. The van der Waals surface area contributed by atoms with Gasteiger partial charge in [0, 0.05) is 15.8 Å². The van der Waals surface area contributed by atoms with Crippen molar-refractivity contribution < 1.29 is 4.79 Å². The Bertz CT molecular complexity index is 625. The Morgan fingerprint density at radius 3 is 2.86 bits per heavy atom.